The summed E-state index contributed by atoms with van der Waals surface area (Å²) in [4.78, 5) is 0.963. The van der Waals surface area contributed by atoms with Crippen LogP contribution in [-0.4, -0.2) is 20.0 Å². The lowest BCUT2D eigenvalue weighted by Gasteiger charge is -2.09. The van der Waals surface area contributed by atoms with Crippen molar-refractivity contribution >= 4 is 19.4 Å². The zero-order chi connectivity index (χ0) is 9.61. The van der Waals surface area contributed by atoms with E-state index in [-0.39, 0.29) is 0 Å². The molecule has 5 heteroatoms. The van der Waals surface area contributed by atoms with Crippen LogP contribution in [-0.2, 0) is 13.6 Å². The molecule has 0 N–H and O–H groups in total. The molecular formula is C7H15O3PS. The van der Waals surface area contributed by atoms with Crippen molar-refractivity contribution in [3.8, 4) is 0 Å². The predicted octanol–water partition coefficient (Wildman–Crippen LogP) is 3.09. The normalized spacial score (nSPS) is 13.5. The molecule has 3 nitrogen and oxygen atoms in total. The van der Waals surface area contributed by atoms with Gasteiger partial charge in [-0.25, -0.2) is 0 Å². The van der Waals surface area contributed by atoms with Gasteiger partial charge in [0.15, 0.2) is 0 Å². The van der Waals surface area contributed by atoms with Gasteiger partial charge in [-0.15, -0.1) is 11.8 Å². The Hall–Kier alpha value is 0.240. The van der Waals surface area contributed by atoms with Crippen molar-refractivity contribution < 1.29 is 13.6 Å². The summed E-state index contributed by atoms with van der Waals surface area (Å²) in [6.07, 6.45) is 0. The van der Waals surface area contributed by atoms with Gasteiger partial charge < -0.3 is 9.05 Å². The fraction of sp³-hybridized carbons (Fsp3) is 0.714. The highest BCUT2D eigenvalue weighted by atomic mass is 32.2. The first kappa shape index (κ1) is 12.2. The van der Waals surface area contributed by atoms with Crippen LogP contribution in [0.5, 0.6) is 0 Å². The molecule has 0 fully saturated rings. The highest BCUT2D eigenvalue weighted by molar-refractivity contribution is 8.03. The van der Waals surface area contributed by atoms with Gasteiger partial charge in [-0.2, -0.15) is 0 Å². The molecule has 0 aromatic heterocycles. The zero-order valence-corrected chi connectivity index (χ0v) is 9.58. The van der Waals surface area contributed by atoms with Crippen LogP contribution in [0, 0.1) is 0 Å². The van der Waals surface area contributed by atoms with E-state index in [9.17, 15) is 4.57 Å². The molecule has 72 valence electrons. The number of rotatable bonds is 5. The maximum Gasteiger partial charge on any atom is 0.354 e. The number of thioether (sulfide) groups is 1. The highest BCUT2D eigenvalue weighted by Crippen LogP contribution is 2.49. The van der Waals surface area contributed by atoms with E-state index in [0.29, 0.717) is 0 Å². The first-order chi connectivity index (χ1) is 5.58. The lowest BCUT2D eigenvalue weighted by atomic mass is 10.8. The van der Waals surface area contributed by atoms with Crippen molar-refractivity contribution in [2.75, 3.05) is 20.0 Å². The molecule has 0 heterocycles. The predicted molar refractivity (Wildman–Crippen MR) is 53.5 cm³/mol. The van der Waals surface area contributed by atoms with Crippen LogP contribution in [0.25, 0.3) is 0 Å². The third-order valence-corrected chi connectivity index (χ3v) is 3.98. The monoisotopic (exact) mass is 210 g/mol. The number of hydrogen-bond donors (Lipinski definition) is 0. The Kier molecular flexibility index (Phi) is 5.93. The van der Waals surface area contributed by atoms with E-state index >= 15 is 0 Å². The fourth-order valence-electron chi connectivity index (χ4n) is 0.668. The van der Waals surface area contributed by atoms with Crippen LogP contribution in [0.15, 0.2) is 10.7 Å². The van der Waals surface area contributed by atoms with Gasteiger partial charge in [0.05, 0.1) is 0 Å². The SMILES string of the molecule is CCSC(C)=CP(=O)(OC)OC. The molecule has 0 unspecified atom stereocenters. The molecule has 0 spiro atoms. The number of hydrogen-bond acceptors (Lipinski definition) is 4. The smallest absolute Gasteiger partial charge is 0.309 e. The average molecular weight is 210 g/mol. The number of allylic oxidation sites excluding steroid dienone is 1. The minimum absolute atomic E-state index is 0.954. The van der Waals surface area contributed by atoms with E-state index < -0.39 is 7.60 Å². The zero-order valence-electron chi connectivity index (χ0n) is 7.86. The van der Waals surface area contributed by atoms with Crippen molar-refractivity contribution in [1.29, 1.82) is 0 Å². The molecule has 0 bridgehead atoms. The third-order valence-electron chi connectivity index (χ3n) is 1.22. The molecule has 0 aromatic carbocycles. The lowest BCUT2D eigenvalue weighted by molar-refractivity contribution is 0.286. The van der Waals surface area contributed by atoms with Crippen LogP contribution in [0.3, 0.4) is 0 Å². The summed E-state index contributed by atoms with van der Waals surface area (Å²) in [5, 5.41) is 0. The van der Waals surface area contributed by atoms with Crippen molar-refractivity contribution in [2.24, 2.45) is 0 Å². The summed E-state index contributed by atoms with van der Waals surface area (Å²) in [6, 6.07) is 0. The molecular weight excluding hydrogens is 195 g/mol. The molecule has 0 aliphatic heterocycles. The average Bonchev–Trinajstić information content (AvgIpc) is 2.05. The van der Waals surface area contributed by atoms with Crippen molar-refractivity contribution in [1.82, 2.24) is 0 Å². The minimum atomic E-state index is -2.95. The van der Waals surface area contributed by atoms with Gasteiger partial charge in [0.1, 0.15) is 0 Å². The molecule has 0 saturated heterocycles. The second-order valence-corrected chi connectivity index (χ2v) is 5.66. The van der Waals surface area contributed by atoms with Gasteiger partial charge in [0.25, 0.3) is 0 Å². The van der Waals surface area contributed by atoms with E-state index in [0.717, 1.165) is 10.7 Å². The Bertz CT molecular complexity index is 195. The van der Waals surface area contributed by atoms with Gasteiger partial charge in [0, 0.05) is 20.0 Å². The van der Waals surface area contributed by atoms with Gasteiger partial charge >= 0.3 is 7.60 Å². The van der Waals surface area contributed by atoms with Crippen LogP contribution in [0.4, 0.5) is 0 Å². The maximum absolute atomic E-state index is 11.5. The molecule has 0 aliphatic carbocycles. The van der Waals surface area contributed by atoms with Crippen LogP contribution in [0.2, 0.25) is 0 Å². The summed E-state index contributed by atoms with van der Waals surface area (Å²) < 4.78 is 21.0. The Morgan fingerprint density at radius 2 is 2.00 bits per heavy atom. The molecule has 0 radical (unpaired) electrons. The standard InChI is InChI=1S/C7H15O3PS/c1-5-12-7(2)6-11(8,9-3)10-4/h6H,5H2,1-4H3. The van der Waals surface area contributed by atoms with Gasteiger partial charge in [0.2, 0.25) is 0 Å². The van der Waals surface area contributed by atoms with Crippen molar-refractivity contribution in [3.63, 3.8) is 0 Å². The summed E-state index contributed by atoms with van der Waals surface area (Å²) in [7, 11) is -0.191. The van der Waals surface area contributed by atoms with E-state index in [1.54, 1.807) is 17.6 Å². The van der Waals surface area contributed by atoms with E-state index in [1.807, 2.05) is 13.8 Å². The summed E-state index contributed by atoms with van der Waals surface area (Å²) in [6.45, 7) is 3.92. The molecule has 0 saturated carbocycles. The van der Waals surface area contributed by atoms with Crippen LogP contribution in [0.1, 0.15) is 13.8 Å². The maximum atomic E-state index is 11.5. The van der Waals surface area contributed by atoms with Crippen LogP contribution >= 0.6 is 19.4 Å². The third kappa shape index (κ3) is 4.31. The first-order valence-electron chi connectivity index (χ1n) is 3.61. The molecule has 0 amide bonds. The summed E-state index contributed by atoms with van der Waals surface area (Å²) in [5.41, 5.74) is 0. The largest absolute Gasteiger partial charge is 0.354 e. The van der Waals surface area contributed by atoms with Gasteiger partial charge in [-0.3, -0.25) is 4.57 Å². The van der Waals surface area contributed by atoms with E-state index in [4.69, 9.17) is 9.05 Å². The van der Waals surface area contributed by atoms with E-state index in [1.165, 1.54) is 14.2 Å². The Labute approximate surface area is 78.1 Å². The van der Waals surface area contributed by atoms with E-state index in [2.05, 4.69) is 0 Å². The lowest BCUT2D eigenvalue weighted by Crippen LogP contribution is -1.84. The Balaban J connectivity index is 4.36. The topological polar surface area (TPSA) is 35.5 Å². The Morgan fingerprint density at radius 1 is 1.50 bits per heavy atom. The summed E-state index contributed by atoms with van der Waals surface area (Å²) in [5.74, 6) is 2.50. The molecule has 0 atom stereocenters. The summed E-state index contributed by atoms with van der Waals surface area (Å²) >= 11 is 1.62. The van der Waals surface area contributed by atoms with Gasteiger partial charge in [-0.05, 0) is 17.6 Å². The van der Waals surface area contributed by atoms with Crippen molar-refractivity contribution in [2.45, 2.75) is 13.8 Å². The highest BCUT2D eigenvalue weighted by Gasteiger charge is 2.16. The van der Waals surface area contributed by atoms with Crippen LogP contribution < -0.4 is 0 Å². The van der Waals surface area contributed by atoms with Crippen molar-refractivity contribution in [3.05, 3.63) is 10.7 Å². The second-order valence-electron chi connectivity index (χ2n) is 2.08. The molecule has 12 heavy (non-hydrogen) atoms. The Morgan fingerprint density at radius 3 is 2.33 bits per heavy atom. The second kappa shape index (κ2) is 5.81. The first-order valence-corrected chi connectivity index (χ1v) is 6.21. The molecule has 0 aliphatic rings. The molecule has 0 aromatic rings. The minimum Gasteiger partial charge on any atom is -0.309 e. The van der Waals surface area contributed by atoms with Gasteiger partial charge in [-0.1, -0.05) is 6.92 Å². The quantitative estimate of drug-likeness (QED) is 0.653. The molecule has 0 rings (SSSR count). The fourth-order valence-corrected chi connectivity index (χ4v) is 2.61.